The van der Waals surface area contributed by atoms with Crippen LogP contribution in [-0.2, 0) is 38.3 Å². The highest BCUT2D eigenvalue weighted by atomic mass is 16.6. The van der Waals surface area contributed by atoms with E-state index in [-0.39, 0.29) is 35.5 Å². The van der Waals surface area contributed by atoms with Crippen LogP contribution in [0.2, 0.25) is 0 Å². The molecule has 0 aromatic heterocycles. The third-order valence-electron chi connectivity index (χ3n) is 6.13. The Balaban J connectivity index is 2.18. The summed E-state index contributed by atoms with van der Waals surface area (Å²) in [6.07, 6.45) is 4.27. The molecule has 1 heterocycles. The molecule has 1 aliphatic heterocycles. The molecule has 0 saturated carbocycles. The summed E-state index contributed by atoms with van der Waals surface area (Å²) >= 11 is 0. The van der Waals surface area contributed by atoms with Gasteiger partial charge in [0.15, 0.2) is 11.5 Å². The Labute approximate surface area is 215 Å². The van der Waals surface area contributed by atoms with Crippen molar-refractivity contribution >= 4 is 17.5 Å². The molecule has 0 radical (unpaired) electrons. The molecule has 1 atom stereocenters. The van der Waals surface area contributed by atoms with Crippen LogP contribution in [0.1, 0.15) is 49.9 Å². The first-order chi connectivity index (χ1) is 17.4. The monoisotopic (exact) mass is 508 g/mol. The number of carbonyl (C=O) groups is 2. The number of allylic oxidation sites excluding steroid dienone is 4. The van der Waals surface area contributed by atoms with Gasteiger partial charge in [-0.25, -0.2) is 9.59 Å². The largest absolute Gasteiger partial charge is 0.508 e. The number of ether oxygens (including phenoxy) is 2. The van der Waals surface area contributed by atoms with E-state index in [2.05, 4.69) is 0 Å². The van der Waals surface area contributed by atoms with Gasteiger partial charge in [-0.1, -0.05) is 35.4 Å². The number of aromatic hydroxyl groups is 3. The maximum Gasteiger partial charge on any atom is 0.375 e. The molecule has 0 saturated heterocycles. The fourth-order valence-corrected chi connectivity index (χ4v) is 4.23. The van der Waals surface area contributed by atoms with Crippen LogP contribution in [0.4, 0.5) is 0 Å². The number of esters is 2. The molecule has 0 bridgehead atoms. The number of rotatable bonds is 8. The number of hydrogen-bond donors (Lipinski definition) is 4. The molecule has 0 fully saturated rings. The molecule has 0 aliphatic carbocycles. The molecule has 4 N–H and O–H groups in total. The van der Waals surface area contributed by atoms with Crippen LogP contribution in [0.3, 0.4) is 0 Å². The summed E-state index contributed by atoms with van der Waals surface area (Å²) < 4.78 is 10.5. The molecule has 2 aromatic rings. The van der Waals surface area contributed by atoms with E-state index in [9.17, 15) is 30.0 Å². The quantitative estimate of drug-likeness (QED) is 0.227. The average Bonchev–Trinajstić information content (AvgIpc) is 3.09. The Kier molecular flexibility index (Phi) is 8.01. The zero-order chi connectivity index (χ0) is 27.5. The molecule has 2 aromatic carbocycles. The van der Waals surface area contributed by atoms with Gasteiger partial charge in [0.05, 0.1) is 12.7 Å². The summed E-state index contributed by atoms with van der Waals surface area (Å²) in [5.74, 6) is -3.62. The number of methoxy groups -OCH3 is 1. The van der Waals surface area contributed by atoms with Crippen molar-refractivity contribution in [3.05, 3.63) is 81.6 Å². The molecular formula is C29H32O8. The Morgan fingerprint density at radius 2 is 1.54 bits per heavy atom. The number of carbonyl (C=O) groups excluding carboxylic acids is 2. The molecule has 8 nitrogen and oxygen atoms in total. The number of aliphatic hydroxyl groups is 1. The molecule has 1 unspecified atom stereocenters. The number of aliphatic hydroxyl groups excluding tert-OH is 1. The Morgan fingerprint density at radius 3 is 2.14 bits per heavy atom. The van der Waals surface area contributed by atoms with Gasteiger partial charge in [-0.3, -0.25) is 0 Å². The fraction of sp³-hybridized carbons (Fsp3) is 0.310. The van der Waals surface area contributed by atoms with Crippen LogP contribution in [-0.4, -0.2) is 45.1 Å². The van der Waals surface area contributed by atoms with E-state index in [1.807, 2.05) is 39.8 Å². The second-order valence-corrected chi connectivity index (χ2v) is 9.55. The predicted octanol–water partition coefficient (Wildman–Crippen LogP) is 4.80. The van der Waals surface area contributed by atoms with Crippen molar-refractivity contribution in [3.8, 4) is 17.2 Å². The highest BCUT2D eigenvalue weighted by molar-refractivity contribution is 6.11. The fourth-order valence-electron chi connectivity index (χ4n) is 4.23. The number of benzene rings is 2. The van der Waals surface area contributed by atoms with Gasteiger partial charge < -0.3 is 29.9 Å². The zero-order valence-corrected chi connectivity index (χ0v) is 21.6. The van der Waals surface area contributed by atoms with E-state index in [0.717, 1.165) is 24.3 Å². The van der Waals surface area contributed by atoms with Gasteiger partial charge in [-0.2, -0.15) is 0 Å². The summed E-state index contributed by atoms with van der Waals surface area (Å²) in [5, 5.41) is 41.9. The normalized spacial score (nSPS) is 16.8. The average molecular weight is 509 g/mol. The minimum absolute atomic E-state index is 0.0720. The van der Waals surface area contributed by atoms with Gasteiger partial charge in [-0.05, 0) is 75.4 Å². The Morgan fingerprint density at radius 1 is 0.919 bits per heavy atom. The molecule has 37 heavy (non-hydrogen) atoms. The maximum absolute atomic E-state index is 13.2. The second kappa shape index (κ2) is 10.8. The summed E-state index contributed by atoms with van der Waals surface area (Å²) in [7, 11) is 1.14. The predicted molar refractivity (Wildman–Crippen MR) is 138 cm³/mol. The highest BCUT2D eigenvalue weighted by Gasteiger charge is 2.56. The van der Waals surface area contributed by atoms with Crippen LogP contribution < -0.4 is 0 Å². The minimum Gasteiger partial charge on any atom is -0.508 e. The smallest absolute Gasteiger partial charge is 0.375 e. The first-order valence-corrected chi connectivity index (χ1v) is 11.8. The topological polar surface area (TPSA) is 134 Å². The van der Waals surface area contributed by atoms with E-state index in [1.165, 1.54) is 12.1 Å². The summed E-state index contributed by atoms with van der Waals surface area (Å²) in [6, 6.07) is 7.40. The van der Waals surface area contributed by atoms with Crippen molar-refractivity contribution in [2.24, 2.45) is 0 Å². The van der Waals surface area contributed by atoms with Crippen LogP contribution in [0.5, 0.6) is 17.2 Å². The first-order valence-electron chi connectivity index (χ1n) is 11.8. The van der Waals surface area contributed by atoms with E-state index >= 15 is 0 Å². The van der Waals surface area contributed by atoms with Crippen molar-refractivity contribution in [3.63, 3.8) is 0 Å². The molecule has 1 aliphatic rings. The number of hydrogen-bond acceptors (Lipinski definition) is 8. The highest BCUT2D eigenvalue weighted by Crippen LogP contribution is 2.45. The Bertz CT molecular complexity index is 1320. The van der Waals surface area contributed by atoms with Crippen molar-refractivity contribution in [2.45, 2.75) is 52.6 Å². The minimum atomic E-state index is -2.07. The van der Waals surface area contributed by atoms with Crippen molar-refractivity contribution in [1.82, 2.24) is 0 Å². The molecule has 0 amide bonds. The number of phenols is 3. The lowest BCUT2D eigenvalue weighted by molar-refractivity contribution is -0.169. The van der Waals surface area contributed by atoms with E-state index in [1.54, 1.807) is 12.1 Å². The molecular weight excluding hydrogens is 476 g/mol. The van der Waals surface area contributed by atoms with Crippen LogP contribution in [0, 0.1) is 0 Å². The van der Waals surface area contributed by atoms with Crippen LogP contribution in [0.15, 0.2) is 59.4 Å². The lowest BCUT2D eigenvalue weighted by atomic mass is 9.82. The van der Waals surface area contributed by atoms with E-state index in [0.29, 0.717) is 23.1 Å². The summed E-state index contributed by atoms with van der Waals surface area (Å²) in [6.45, 7) is 7.63. The molecule has 8 heteroatoms. The standard InChI is InChI=1S/C29H32O8/c1-16(2)6-9-19-12-18(8-11-22(19)30)15-29(28(35)36-5)24(26(33)27(34)37-29)21-13-20(10-7-17(3)4)25(32)23(31)14-21/h6-8,11-14,30-33H,9-10,15H2,1-5H3. The Hall–Kier alpha value is -4.20. The van der Waals surface area contributed by atoms with Gasteiger partial charge in [0, 0.05) is 12.0 Å². The van der Waals surface area contributed by atoms with Gasteiger partial charge in [0.2, 0.25) is 11.4 Å². The lowest BCUT2D eigenvalue weighted by Gasteiger charge is -2.28. The van der Waals surface area contributed by atoms with Gasteiger partial charge in [-0.15, -0.1) is 0 Å². The van der Waals surface area contributed by atoms with Crippen LogP contribution in [0.25, 0.3) is 5.57 Å². The van der Waals surface area contributed by atoms with Crippen molar-refractivity contribution in [1.29, 1.82) is 0 Å². The van der Waals surface area contributed by atoms with E-state index < -0.39 is 29.0 Å². The van der Waals surface area contributed by atoms with Crippen molar-refractivity contribution in [2.75, 3.05) is 7.11 Å². The van der Waals surface area contributed by atoms with Crippen molar-refractivity contribution < 1.29 is 39.5 Å². The second-order valence-electron chi connectivity index (χ2n) is 9.55. The number of cyclic esters (lactones) is 1. The van der Waals surface area contributed by atoms with E-state index in [4.69, 9.17) is 9.47 Å². The SMILES string of the molecule is COC(=O)C1(Cc2ccc(O)c(CC=C(C)C)c2)OC(=O)C(O)=C1c1cc(O)c(O)c(CC=C(C)C)c1. The zero-order valence-electron chi connectivity index (χ0n) is 21.6. The third-order valence-corrected chi connectivity index (χ3v) is 6.13. The first kappa shape index (κ1) is 27.4. The molecule has 0 spiro atoms. The lowest BCUT2D eigenvalue weighted by Crippen LogP contribution is -2.44. The third kappa shape index (κ3) is 5.63. The molecule has 196 valence electrons. The van der Waals surface area contributed by atoms with Gasteiger partial charge in [0.1, 0.15) is 5.75 Å². The van der Waals surface area contributed by atoms with Gasteiger partial charge in [0.25, 0.3) is 0 Å². The summed E-state index contributed by atoms with van der Waals surface area (Å²) in [4.78, 5) is 25.8. The van der Waals surface area contributed by atoms with Crippen LogP contribution >= 0.6 is 0 Å². The number of phenolic OH excluding ortho intramolecular Hbond substituents is 3. The maximum atomic E-state index is 13.2. The molecule has 3 rings (SSSR count). The van der Waals surface area contributed by atoms with Gasteiger partial charge >= 0.3 is 11.9 Å². The summed E-state index contributed by atoms with van der Waals surface area (Å²) in [5.41, 5.74) is 1.36.